The van der Waals surface area contributed by atoms with Crippen molar-refractivity contribution in [3.8, 4) is 23.0 Å². The summed E-state index contributed by atoms with van der Waals surface area (Å²) in [6.45, 7) is 22.8. The van der Waals surface area contributed by atoms with E-state index < -0.39 is 47.4 Å². The molecule has 8 rings (SSSR count). The van der Waals surface area contributed by atoms with Crippen LogP contribution in [0.1, 0.15) is 131 Å². The fourth-order valence-electron chi connectivity index (χ4n) is 7.46. The third kappa shape index (κ3) is 26.1. The molecule has 0 bridgehead atoms. The van der Waals surface area contributed by atoms with Gasteiger partial charge in [0.1, 0.15) is 23.1 Å². The van der Waals surface area contributed by atoms with Crippen LogP contribution in [0.2, 0.25) is 0 Å². The van der Waals surface area contributed by atoms with Crippen molar-refractivity contribution in [1.29, 1.82) is 0 Å². The van der Waals surface area contributed by atoms with Crippen LogP contribution in [0.3, 0.4) is 0 Å². The predicted molar refractivity (Wildman–Crippen MR) is 305 cm³/mol. The van der Waals surface area contributed by atoms with Gasteiger partial charge in [0.2, 0.25) is 5.82 Å². The summed E-state index contributed by atoms with van der Waals surface area (Å²) < 4.78 is 115. The second kappa shape index (κ2) is 34.5. The van der Waals surface area contributed by atoms with E-state index in [9.17, 15) is 54.2 Å². The van der Waals surface area contributed by atoms with Crippen LogP contribution >= 0.6 is 0 Å². The number of hydrogen-bond donors (Lipinski definition) is 1. The molecule has 0 unspecified atom stereocenters. The Kier molecular flexibility index (Phi) is 29.1. The van der Waals surface area contributed by atoms with Crippen molar-refractivity contribution >= 4 is 28.8 Å². The minimum atomic E-state index is -5.02. The third-order valence-electron chi connectivity index (χ3n) is 11.1. The Bertz CT molecular complexity index is 3290. The number of aryl methyl sites for hydroxylation is 1. The zero-order chi connectivity index (χ0) is 64.8. The van der Waals surface area contributed by atoms with Crippen molar-refractivity contribution in [3.63, 3.8) is 0 Å². The summed E-state index contributed by atoms with van der Waals surface area (Å²) in [7, 11) is 1.31. The first-order valence-corrected chi connectivity index (χ1v) is 27.2. The molecule has 0 radical (unpaired) electrons. The quantitative estimate of drug-likeness (QED) is 0.0408. The van der Waals surface area contributed by atoms with Crippen molar-refractivity contribution in [3.05, 3.63) is 143 Å². The molecule has 0 aliphatic carbocycles. The molecule has 19 nitrogen and oxygen atoms in total. The number of aliphatic hydroxyl groups excluding tert-OH is 1. The van der Waals surface area contributed by atoms with E-state index in [0.717, 1.165) is 77.0 Å². The zero-order valence-electron chi connectivity index (χ0n) is 50.3. The van der Waals surface area contributed by atoms with Crippen molar-refractivity contribution in [2.45, 2.75) is 127 Å². The summed E-state index contributed by atoms with van der Waals surface area (Å²) in [5.74, 6) is -0.141. The van der Waals surface area contributed by atoms with Gasteiger partial charge in [-0.15, -0.1) is 0 Å². The fraction of sp³-hybridized carbons (Fsp3) is 0.441. The molecule has 7 aromatic rings. The van der Waals surface area contributed by atoms with E-state index >= 15 is 0 Å². The summed E-state index contributed by atoms with van der Waals surface area (Å²) in [4.78, 5) is 65.2. The number of carbonyl (C=O) groups excluding carboxylic acids is 2. The summed E-state index contributed by atoms with van der Waals surface area (Å²) in [5.41, 5.74) is 5.10. The van der Waals surface area contributed by atoms with Gasteiger partial charge in [0.25, 0.3) is 5.78 Å². The monoisotopic (exact) mass is 1420 g/mol. The molecule has 1 N–H and O–H groups in total. The summed E-state index contributed by atoms with van der Waals surface area (Å²) in [6, 6.07) is 2.73. The van der Waals surface area contributed by atoms with Crippen LogP contribution in [0.15, 0.2) is 91.2 Å². The Balaban J connectivity index is 0.000000288. The number of rotatable bonds is 16. The number of hydrogen-bond acceptors (Lipinski definition) is 17. The van der Waals surface area contributed by atoms with Gasteiger partial charge in [0.05, 0.1) is 13.7 Å². The number of nitrogens with zero attached hydrogens (tertiary/aromatic N) is 15. The summed E-state index contributed by atoms with van der Waals surface area (Å²) in [6.07, 6.45) is 7.87. The molecule has 8 heterocycles. The largest absolute Gasteiger partial charge is 2.00 e. The number of aromatic nitrogens is 14. The second-order valence-electron chi connectivity index (χ2n) is 21.8. The Morgan fingerprint density at radius 3 is 1.19 bits per heavy atom. The van der Waals surface area contributed by atoms with Gasteiger partial charge in [-0.3, -0.25) is 9.79 Å². The van der Waals surface area contributed by atoms with Crippen LogP contribution in [0.5, 0.6) is 0 Å². The summed E-state index contributed by atoms with van der Waals surface area (Å²) in [5, 5.41) is 23.8. The first kappa shape index (κ1) is 74.2. The van der Waals surface area contributed by atoms with Gasteiger partial charge >= 0.3 is 45.6 Å². The molecule has 0 amide bonds. The number of alkyl halides is 9. The Labute approximate surface area is 517 Å². The van der Waals surface area contributed by atoms with Gasteiger partial charge in [0.15, 0.2) is 17.4 Å². The number of allylic oxidation sites excluding steroid dienone is 2. The van der Waals surface area contributed by atoms with E-state index in [-0.39, 0.29) is 56.9 Å². The predicted octanol–water partition coefficient (Wildman–Crippen LogP) is 12.0. The van der Waals surface area contributed by atoms with E-state index in [2.05, 4.69) is 135 Å². The van der Waals surface area contributed by atoms with Gasteiger partial charge < -0.3 is 30.2 Å². The maximum Gasteiger partial charge on any atom is 2.00 e. The standard InChI is InChI=1S/C13H14F3N3.C12H12F3N4.C12H13F3N2O2.C12H15N4.C10H14N2O2.Pt/c1-8(2)3-9-5-18-12(19-6-9)10-4-11(17-7-10)13(14,15)16;1-7(2)3-8-5-16-11(17-6-8)9-4-10(19-18-9)12(13,14)15;1-7(2)3-8-5-16-11(17-6-8)9(18)4-10(19)12(13,14)15;1-8(2)4-10-6-13-12(14-7-10)11-5-9(3)15-16-11;1-7(2)4-8-5-11-9(12-6-8)10(13)14-3;/h4-6,8H,3,7H2,1-2H3;4-7H,3H2,1-2H3;4-7,18H,3H2,1-2H3;5-8H,4H2,1-3H3;5-7H,4H2,1-3H3;/q;-1;;-1;;+2. The van der Waals surface area contributed by atoms with Crippen LogP contribution in [0.4, 0.5) is 39.5 Å². The Morgan fingerprint density at radius 1 is 0.534 bits per heavy atom. The van der Waals surface area contributed by atoms with E-state index in [1.54, 1.807) is 37.2 Å². The van der Waals surface area contributed by atoms with Crippen LogP contribution in [-0.4, -0.2) is 109 Å². The molecule has 0 atom stereocenters. The number of ether oxygens (including phenoxy) is 1. The molecule has 88 heavy (non-hydrogen) atoms. The van der Waals surface area contributed by atoms with Crippen molar-refractivity contribution in [2.24, 2.45) is 34.6 Å². The average Bonchev–Trinajstić information content (AvgIpc) is 3.31. The SMILES string of the molecule is CC(C)Cc1cnc(-c2cc(C(F)(F)F)n[n-]2)nc1.CC(C)Cc1cnc(C(O)=CC(=O)C(F)(F)F)nc1.CC(C)Cc1cnc(C2=CC(C(F)(F)F)=NC2)nc1.COC(=O)c1ncc(CC(C)C)cn1.Cc1cc(-c2ncc(CC(C)C)cn2)[n-]n1.[Pt+2]. The van der Waals surface area contributed by atoms with Crippen molar-refractivity contribution in [1.82, 2.24) is 70.2 Å². The molecule has 7 aromatic heterocycles. The maximum absolute atomic E-state index is 12.4. The zero-order valence-corrected chi connectivity index (χ0v) is 52.6. The average molecular weight is 1420 g/mol. The molecule has 0 saturated heterocycles. The van der Waals surface area contributed by atoms with Gasteiger partial charge in [-0.1, -0.05) is 86.7 Å². The molecule has 476 valence electrons. The van der Waals surface area contributed by atoms with Gasteiger partial charge in [-0.05, 0) is 109 Å². The molecule has 1 aliphatic rings. The normalized spacial score (nSPS) is 12.4. The smallest absolute Gasteiger partial charge is 0.572 e. The van der Waals surface area contributed by atoms with Crippen LogP contribution < -0.4 is 10.2 Å². The minimum Gasteiger partial charge on any atom is -0.572 e. The van der Waals surface area contributed by atoms with E-state index in [0.29, 0.717) is 53.2 Å². The number of ketones is 1. The fourth-order valence-corrected chi connectivity index (χ4v) is 7.46. The third-order valence-corrected chi connectivity index (χ3v) is 11.1. The van der Waals surface area contributed by atoms with Crippen LogP contribution in [-0.2, 0) is 68.9 Å². The van der Waals surface area contributed by atoms with Crippen LogP contribution in [0.25, 0.3) is 34.4 Å². The van der Waals surface area contributed by atoms with E-state index in [4.69, 9.17) is 0 Å². The molecule has 0 saturated carbocycles. The molecular formula is C59H68F9N15O4Pt. The first-order chi connectivity index (χ1) is 40.7. The first-order valence-electron chi connectivity index (χ1n) is 27.2. The van der Waals surface area contributed by atoms with Crippen molar-refractivity contribution < 1.29 is 80.0 Å². The minimum absolute atomic E-state index is 0. The Morgan fingerprint density at radius 2 is 0.886 bits per heavy atom. The molecule has 29 heteroatoms. The number of halogens is 9. The number of aliphatic imine (C=N–C) groups is 1. The van der Waals surface area contributed by atoms with Gasteiger partial charge in [0, 0.05) is 79.3 Å². The molecule has 1 aliphatic heterocycles. The summed E-state index contributed by atoms with van der Waals surface area (Å²) >= 11 is 0. The van der Waals surface area contributed by atoms with E-state index in [1.807, 2.05) is 39.2 Å². The van der Waals surface area contributed by atoms with Gasteiger partial charge in [-0.25, -0.2) is 54.6 Å². The van der Waals surface area contributed by atoms with Crippen molar-refractivity contribution in [2.75, 3.05) is 13.7 Å². The Hall–Kier alpha value is -8.03. The topological polar surface area (TPSA) is 259 Å². The molecule has 0 spiro atoms. The number of methoxy groups -OCH3 is 1. The molecule has 0 fully saturated rings. The van der Waals surface area contributed by atoms with Crippen LogP contribution in [0, 0.1) is 36.5 Å². The van der Waals surface area contributed by atoms with Gasteiger partial charge in [-0.2, -0.15) is 39.5 Å². The second-order valence-corrected chi connectivity index (χ2v) is 21.8. The van der Waals surface area contributed by atoms with E-state index in [1.165, 1.54) is 19.5 Å². The maximum atomic E-state index is 12.4. The number of esters is 1. The molecule has 0 aromatic carbocycles. The number of aliphatic hydroxyl groups is 1. The molecular weight excluding hydrogens is 1350 g/mol. The number of carbonyl (C=O) groups is 2.